The molecule has 3 aromatic rings. The first-order valence-electron chi connectivity index (χ1n) is 7.66. The molecule has 2 aromatic heterocycles. The Bertz CT molecular complexity index is 1020. The second kappa shape index (κ2) is 6.95. The quantitative estimate of drug-likeness (QED) is 0.724. The number of hydrogen-bond acceptors (Lipinski definition) is 6. The molecule has 0 amide bonds. The Balaban J connectivity index is 2.21. The van der Waals surface area contributed by atoms with Crippen molar-refractivity contribution < 1.29 is 18.6 Å². The van der Waals surface area contributed by atoms with Gasteiger partial charge in [-0.15, -0.1) is 0 Å². The number of anilines is 1. The van der Waals surface area contributed by atoms with E-state index < -0.39 is 18.5 Å². The number of phenolic OH excluding ortho intramolecular Hbond substituents is 1. The van der Waals surface area contributed by atoms with E-state index in [2.05, 4.69) is 15.3 Å². The topological polar surface area (TPSA) is 89.3 Å². The lowest BCUT2D eigenvalue weighted by Gasteiger charge is -2.12. The maximum absolute atomic E-state index is 12.6. The molecule has 0 spiro atoms. The van der Waals surface area contributed by atoms with Crippen LogP contribution in [0, 0.1) is 0 Å². The first-order chi connectivity index (χ1) is 12.4. The van der Waals surface area contributed by atoms with Gasteiger partial charge >= 0.3 is 0 Å². The molecule has 0 fully saturated rings. The highest BCUT2D eigenvalue weighted by Crippen LogP contribution is 2.32. The minimum absolute atomic E-state index is 0.0264. The Morgan fingerprint density at radius 1 is 1.35 bits per heavy atom. The number of aromatic hydroxyl groups is 1. The Morgan fingerprint density at radius 2 is 2.12 bits per heavy atom. The third-order valence-corrected chi connectivity index (χ3v) is 3.80. The average Bonchev–Trinajstić information content (AvgIpc) is 2.63. The number of halogens is 2. The Kier molecular flexibility index (Phi) is 4.70. The summed E-state index contributed by atoms with van der Waals surface area (Å²) in [4.78, 5) is 20.9. The number of pyridine rings is 1. The van der Waals surface area contributed by atoms with Crippen molar-refractivity contribution in [3.63, 3.8) is 0 Å². The summed E-state index contributed by atoms with van der Waals surface area (Å²) in [5.41, 5.74) is 0.897. The predicted molar refractivity (Wildman–Crippen MR) is 92.9 cm³/mol. The molecule has 0 saturated carbocycles. The van der Waals surface area contributed by atoms with Crippen molar-refractivity contribution in [3.8, 4) is 22.8 Å². The molecule has 26 heavy (non-hydrogen) atoms. The standard InChI is InChI=1S/C17H16F2N4O3/c1-23-8-21-11-6-10(9-3-4-12(24)13(5-9)26-2)22-16(15(11)17(23)25)20-7-14(18)19/h3-6,8,14,24H,7H2,1-2H3,(H,20,22). The van der Waals surface area contributed by atoms with Gasteiger partial charge in [0.05, 0.1) is 31.2 Å². The zero-order valence-electron chi connectivity index (χ0n) is 14.0. The van der Waals surface area contributed by atoms with Gasteiger partial charge in [-0.2, -0.15) is 0 Å². The normalized spacial score (nSPS) is 11.1. The highest BCUT2D eigenvalue weighted by atomic mass is 19.3. The number of nitrogens with one attached hydrogen (secondary N) is 1. The summed E-state index contributed by atoms with van der Waals surface area (Å²) in [5, 5.41) is 12.4. The fourth-order valence-electron chi connectivity index (χ4n) is 2.51. The Labute approximate surface area is 146 Å². The van der Waals surface area contributed by atoms with Crippen molar-refractivity contribution in [1.29, 1.82) is 0 Å². The number of methoxy groups -OCH3 is 1. The zero-order chi connectivity index (χ0) is 18.8. The third kappa shape index (κ3) is 3.28. The average molecular weight is 362 g/mol. The third-order valence-electron chi connectivity index (χ3n) is 3.80. The molecule has 0 atom stereocenters. The van der Waals surface area contributed by atoms with Gasteiger partial charge in [0.2, 0.25) is 0 Å². The molecule has 0 aliphatic heterocycles. The Hall–Kier alpha value is -3.23. The van der Waals surface area contributed by atoms with E-state index in [1.807, 2.05) is 0 Å². The molecule has 0 radical (unpaired) electrons. The van der Waals surface area contributed by atoms with Crippen LogP contribution in [0.2, 0.25) is 0 Å². The second-order valence-electron chi connectivity index (χ2n) is 5.57. The number of benzene rings is 1. The van der Waals surface area contributed by atoms with Gasteiger partial charge in [0.15, 0.2) is 11.5 Å². The van der Waals surface area contributed by atoms with E-state index in [1.165, 1.54) is 31.1 Å². The van der Waals surface area contributed by atoms with Gasteiger partial charge in [-0.25, -0.2) is 18.7 Å². The van der Waals surface area contributed by atoms with Crippen LogP contribution in [0.4, 0.5) is 14.6 Å². The van der Waals surface area contributed by atoms with Gasteiger partial charge < -0.3 is 19.7 Å². The molecular formula is C17H16F2N4O3. The lowest BCUT2D eigenvalue weighted by atomic mass is 10.1. The van der Waals surface area contributed by atoms with E-state index >= 15 is 0 Å². The highest BCUT2D eigenvalue weighted by Gasteiger charge is 2.15. The Morgan fingerprint density at radius 3 is 2.81 bits per heavy atom. The minimum Gasteiger partial charge on any atom is -0.504 e. The molecule has 9 heteroatoms. The molecule has 0 bridgehead atoms. The number of rotatable bonds is 5. The number of nitrogens with zero attached hydrogens (tertiary/aromatic N) is 3. The van der Waals surface area contributed by atoms with Crippen LogP contribution in [0.1, 0.15) is 0 Å². The molecule has 2 N–H and O–H groups in total. The number of aromatic nitrogens is 3. The predicted octanol–water partition coefficient (Wildman–Crippen LogP) is 2.39. The van der Waals surface area contributed by atoms with E-state index in [9.17, 15) is 18.7 Å². The van der Waals surface area contributed by atoms with Crippen molar-refractivity contribution in [2.45, 2.75) is 6.43 Å². The fraction of sp³-hybridized carbons (Fsp3) is 0.235. The summed E-state index contributed by atoms with van der Waals surface area (Å²) >= 11 is 0. The lowest BCUT2D eigenvalue weighted by molar-refractivity contribution is 0.163. The first kappa shape index (κ1) is 17.6. The largest absolute Gasteiger partial charge is 0.504 e. The lowest BCUT2D eigenvalue weighted by Crippen LogP contribution is -2.20. The minimum atomic E-state index is -2.61. The van der Waals surface area contributed by atoms with Crippen molar-refractivity contribution in [2.75, 3.05) is 19.0 Å². The maximum Gasteiger partial charge on any atom is 0.264 e. The number of aryl methyl sites for hydroxylation is 1. The SMILES string of the molecule is COc1cc(-c2cc3ncn(C)c(=O)c3c(NCC(F)F)n2)ccc1O. The zero-order valence-corrected chi connectivity index (χ0v) is 14.0. The molecule has 7 nitrogen and oxygen atoms in total. The smallest absolute Gasteiger partial charge is 0.264 e. The van der Waals surface area contributed by atoms with Crippen molar-refractivity contribution >= 4 is 16.7 Å². The van der Waals surface area contributed by atoms with E-state index in [4.69, 9.17) is 4.74 Å². The molecule has 0 saturated heterocycles. The number of alkyl halides is 2. The molecule has 0 unspecified atom stereocenters. The van der Waals surface area contributed by atoms with E-state index in [0.717, 1.165) is 0 Å². The second-order valence-corrected chi connectivity index (χ2v) is 5.57. The summed E-state index contributed by atoms with van der Waals surface area (Å²) in [6.45, 7) is -0.650. The van der Waals surface area contributed by atoms with Crippen LogP contribution < -0.4 is 15.6 Å². The van der Waals surface area contributed by atoms with Crippen LogP contribution in [-0.2, 0) is 7.05 Å². The van der Waals surface area contributed by atoms with Gasteiger partial charge in [-0.05, 0) is 24.3 Å². The van der Waals surface area contributed by atoms with Gasteiger partial charge in [0, 0.05) is 12.6 Å². The fourth-order valence-corrected chi connectivity index (χ4v) is 2.51. The highest BCUT2D eigenvalue weighted by molar-refractivity contribution is 5.91. The summed E-state index contributed by atoms with van der Waals surface area (Å²) in [7, 11) is 2.93. The van der Waals surface area contributed by atoms with Crippen LogP contribution >= 0.6 is 0 Å². The van der Waals surface area contributed by atoms with Crippen molar-refractivity contribution in [2.24, 2.45) is 7.05 Å². The van der Waals surface area contributed by atoms with E-state index in [0.29, 0.717) is 16.8 Å². The number of hydrogen-bond donors (Lipinski definition) is 2. The summed E-state index contributed by atoms with van der Waals surface area (Å²) in [5.74, 6) is 0.224. The van der Waals surface area contributed by atoms with E-state index in [1.54, 1.807) is 18.2 Å². The monoisotopic (exact) mass is 362 g/mol. The number of phenols is 1. The van der Waals surface area contributed by atoms with Crippen molar-refractivity contribution in [1.82, 2.24) is 14.5 Å². The molecular weight excluding hydrogens is 346 g/mol. The van der Waals surface area contributed by atoms with Crippen LogP contribution in [-0.4, -0.2) is 39.7 Å². The van der Waals surface area contributed by atoms with Crippen molar-refractivity contribution in [3.05, 3.63) is 40.9 Å². The summed E-state index contributed by atoms with van der Waals surface area (Å²) < 4.78 is 31.6. The molecule has 3 rings (SSSR count). The van der Waals surface area contributed by atoms with Crippen LogP contribution in [0.25, 0.3) is 22.2 Å². The summed E-state index contributed by atoms with van der Waals surface area (Å²) in [6.07, 6.45) is -1.26. The van der Waals surface area contributed by atoms with Crippen LogP contribution in [0.15, 0.2) is 35.4 Å². The van der Waals surface area contributed by atoms with Gasteiger partial charge in [-0.3, -0.25) is 4.79 Å². The number of ether oxygens (including phenoxy) is 1. The van der Waals surface area contributed by atoms with Crippen LogP contribution in [0.3, 0.4) is 0 Å². The van der Waals surface area contributed by atoms with Gasteiger partial charge in [0.25, 0.3) is 12.0 Å². The molecule has 0 aliphatic rings. The first-order valence-corrected chi connectivity index (χ1v) is 7.66. The molecule has 2 heterocycles. The van der Waals surface area contributed by atoms with Gasteiger partial charge in [0.1, 0.15) is 11.2 Å². The van der Waals surface area contributed by atoms with E-state index in [-0.39, 0.29) is 22.7 Å². The molecule has 136 valence electrons. The summed E-state index contributed by atoms with van der Waals surface area (Å²) in [6, 6.07) is 6.17. The van der Waals surface area contributed by atoms with Crippen LogP contribution in [0.5, 0.6) is 11.5 Å². The molecule has 0 aliphatic carbocycles. The maximum atomic E-state index is 12.6. The number of fused-ring (bicyclic) bond motifs is 1. The van der Waals surface area contributed by atoms with Gasteiger partial charge in [-0.1, -0.05) is 0 Å². The molecule has 1 aromatic carbocycles.